The lowest BCUT2D eigenvalue weighted by molar-refractivity contribution is -0.110. The minimum atomic E-state index is 0. The van der Waals surface area contributed by atoms with E-state index < -0.39 is 0 Å². The zero-order chi connectivity index (χ0) is 19.7. The van der Waals surface area contributed by atoms with Gasteiger partial charge in [-0.15, -0.1) is 24.8 Å². The molecule has 6 nitrogen and oxygen atoms in total. The van der Waals surface area contributed by atoms with Crippen molar-refractivity contribution in [2.45, 2.75) is 24.3 Å². The van der Waals surface area contributed by atoms with Crippen LogP contribution in [0.1, 0.15) is 13.3 Å². The molecule has 0 radical (unpaired) electrons. The van der Waals surface area contributed by atoms with Gasteiger partial charge in [0.25, 0.3) is 0 Å². The summed E-state index contributed by atoms with van der Waals surface area (Å²) in [6.45, 7) is 5.10. The fourth-order valence-electron chi connectivity index (χ4n) is 3.73. The van der Waals surface area contributed by atoms with E-state index in [1.807, 2.05) is 18.3 Å². The third-order valence-electron chi connectivity index (χ3n) is 5.29. The summed E-state index contributed by atoms with van der Waals surface area (Å²) >= 11 is 0. The number of carbonyl (C=O) groups is 1. The van der Waals surface area contributed by atoms with Crippen LogP contribution in [0.5, 0.6) is 0 Å². The number of hydrogen-bond acceptors (Lipinski definition) is 8. The molecule has 0 amide bonds. The minimum absolute atomic E-state index is 0. The SMILES string of the molecule is COCCC1CN(c2c3nccccc-3c3c2N=C(C(C)=O)SS3)CCN1C.Cl.Cl. The van der Waals surface area contributed by atoms with Gasteiger partial charge in [0.15, 0.2) is 10.8 Å². The molecule has 0 aromatic carbocycles. The van der Waals surface area contributed by atoms with E-state index in [0.29, 0.717) is 11.1 Å². The van der Waals surface area contributed by atoms with Gasteiger partial charge in [-0.3, -0.25) is 14.7 Å². The number of nitrogens with zero attached hydrogens (tertiary/aromatic N) is 4. The van der Waals surface area contributed by atoms with Gasteiger partial charge in [-0.05, 0) is 41.1 Å². The molecule has 4 aliphatic rings. The molecule has 30 heavy (non-hydrogen) atoms. The van der Waals surface area contributed by atoms with E-state index in [4.69, 9.17) is 14.7 Å². The molecular formula is C20H26Cl2N4O2S2. The maximum absolute atomic E-state index is 12.0. The third-order valence-corrected chi connectivity index (χ3v) is 7.72. The Morgan fingerprint density at radius 2 is 2.07 bits per heavy atom. The van der Waals surface area contributed by atoms with Crippen LogP contribution < -0.4 is 4.90 Å². The Morgan fingerprint density at radius 1 is 1.27 bits per heavy atom. The Balaban J connectivity index is 0.00000160. The number of ether oxygens (including phenoxy) is 1. The highest BCUT2D eigenvalue weighted by molar-refractivity contribution is 8.82. The number of ketones is 1. The van der Waals surface area contributed by atoms with Crippen LogP contribution in [0.25, 0.3) is 11.3 Å². The molecule has 10 heteroatoms. The van der Waals surface area contributed by atoms with Gasteiger partial charge in [0, 0.05) is 58.1 Å². The first kappa shape index (κ1) is 25.2. The average Bonchev–Trinajstić information content (AvgIpc) is 2.83. The summed E-state index contributed by atoms with van der Waals surface area (Å²) in [5.74, 6) is 0.00854. The Kier molecular flexibility index (Phi) is 9.27. The van der Waals surface area contributed by atoms with Gasteiger partial charge < -0.3 is 9.64 Å². The van der Waals surface area contributed by atoms with Crippen LogP contribution in [0, 0.1) is 0 Å². The van der Waals surface area contributed by atoms with Crippen LogP contribution in [0.15, 0.2) is 34.3 Å². The fraction of sp³-hybridized carbons (Fsp3) is 0.450. The zero-order valence-electron chi connectivity index (χ0n) is 17.2. The van der Waals surface area contributed by atoms with E-state index in [2.05, 4.69) is 22.9 Å². The van der Waals surface area contributed by atoms with Crippen molar-refractivity contribution in [2.24, 2.45) is 4.99 Å². The van der Waals surface area contributed by atoms with Gasteiger partial charge in [0.1, 0.15) is 5.69 Å². The predicted octanol–water partition coefficient (Wildman–Crippen LogP) is 4.56. The van der Waals surface area contributed by atoms with Crippen LogP contribution in [0.4, 0.5) is 11.4 Å². The number of aromatic nitrogens is 1. The molecule has 1 atom stereocenters. The highest BCUT2D eigenvalue weighted by Gasteiger charge is 2.34. The first-order valence-corrected chi connectivity index (χ1v) is 11.5. The molecule has 0 N–H and O–H groups in total. The Labute approximate surface area is 197 Å². The lowest BCUT2D eigenvalue weighted by Crippen LogP contribution is -2.52. The summed E-state index contributed by atoms with van der Waals surface area (Å²) in [5, 5.41) is 0.559. The standard InChI is InChI=1S/C20H24N4O2S2.2ClH/c1-13(25)20-22-17-18(24-10-9-23(2)14(12-24)7-11-26-3)16-15(19(17)27-28-20)6-4-5-8-21-16;;/h4-6,8,14H,7,9-12H2,1-3H3;2*1H. The topological polar surface area (TPSA) is 58.0 Å². The Bertz CT molecular complexity index is 899. The number of aliphatic imine (C=N–C) groups is 1. The lowest BCUT2D eigenvalue weighted by Gasteiger charge is -2.40. The van der Waals surface area contributed by atoms with Crippen molar-refractivity contribution < 1.29 is 9.53 Å². The molecule has 164 valence electrons. The van der Waals surface area contributed by atoms with Crippen LogP contribution in [-0.2, 0) is 9.53 Å². The number of hydrogen-bond donors (Lipinski definition) is 0. The molecule has 3 aliphatic heterocycles. The van der Waals surface area contributed by atoms with Crippen LogP contribution in [0.2, 0.25) is 0 Å². The smallest absolute Gasteiger partial charge is 0.185 e. The molecule has 3 heterocycles. The van der Waals surface area contributed by atoms with Gasteiger partial charge in [-0.25, -0.2) is 4.99 Å². The molecule has 1 unspecified atom stereocenters. The number of methoxy groups -OCH3 is 1. The number of Topliss-reactive ketones (excluding diaryl/α,β-unsaturated/α-hetero) is 1. The second-order valence-corrected chi connectivity index (χ2v) is 9.25. The normalized spacial score (nSPS) is 18.8. The van der Waals surface area contributed by atoms with Crippen molar-refractivity contribution in [3.05, 3.63) is 24.4 Å². The summed E-state index contributed by atoms with van der Waals surface area (Å²) in [7, 11) is 6.98. The summed E-state index contributed by atoms with van der Waals surface area (Å²) in [6, 6.07) is 6.48. The minimum Gasteiger partial charge on any atom is -0.385 e. The molecule has 0 saturated carbocycles. The highest BCUT2D eigenvalue weighted by atomic mass is 35.5. The zero-order valence-corrected chi connectivity index (χ0v) is 20.4. The first-order valence-electron chi connectivity index (χ1n) is 9.39. The monoisotopic (exact) mass is 488 g/mol. The van der Waals surface area contributed by atoms with Crippen LogP contribution >= 0.6 is 46.4 Å². The van der Waals surface area contributed by atoms with Crippen molar-refractivity contribution in [2.75, 3.05) is 45.3 Å². The van der Waals surface area contributed by atoms with E-state index >= 15 is 0 Å². The van der Waals surface area contributed by atoms with Crippen molar-refractivity contribution >= 4 is 68.6 Å². The lowest BCUT2D eigenvalue weighted by atomic mass is 10.1. The molecule has 4 rings (SSSR count). The van der Waals surface area contributed by atoms with Crippen molar-refractivity contribution in [3.63, 3.8) is 0 Å². The molecule has 0 aromatic heterocycles. The summed E-state index contributed by atoms with van der Waals surface area (Å²) in [4.78, 5) is 27.4. The summed E-state index contributed by atoms with van der Waals surface area (Å²) < 4.78 is 5.31. The number of rotatable bonds is 5. The van der Waals surface area contributed by atoms with E-state index in [1.54, 1.807) is 24.8 Å². The molecule has 1 aliphatic carbocycles. The first-order chi connectivity index (χ1) is 13.6. The van der Waals surface area contributed by atoms with Crippen molar-refractivity contribution in [1.29, 1.82) is 0 Å². The fourth-order valence-corrected chi connectivity index (χ4v) is 6.07. The number of carbonyl (C=O) groups excluding carboxylic acids is 1. The van der Waals surface area contributed by atoms with Crippen molar-refractivity contribution in [1.82, 2.24) is 9.88 Å². The summed E-state index contributed by atoms with van der Waals surface area (Å²) in [5.41, 5.74) is 4.03. The second-order valence-electron chi connectivity index (χ2n) is 7.12. The van der Waals surface area contributed by atoms with Gasteiger partial charge in [-0.2, -0.15) is 0 Å². The van der Waals surface area contributed by atoms with E-state index in [1.165, 1.54) is 10.8 Å². The molecule has 1 saturated heterocycles. The second kappa shape index (κ2) is 11.0. The average molecular weight is 489 g/mol. The van der Waals surface area contributed by atoms with Gasteiger partial charge in [0.05, 0.1) is 16.3 Å². The number of halogens is 2. The third kappa shape index (κ3) is 4.89. The van der Waals surface area contributed by atoms with Gasteiger partial charge in [-0.1, -0.05) is 12.1 Å². The maximum Gasteiger partial charge on any atom is 0.185 e. The maximum atomic E-state index is 12.0. The van der Waals surface area contributed by atoms with E-state index in [0.717, 1.165) is 60.2 Å². The molecule has 0 aromatic rings. The Hall–Kier alpha value is -1.03. The van der Waals surface area contributed by atoms with E-state index in [9.17, 15) is 4.79 Å². The predicted molar refractivity (Wildman–Crippen MR) is 132 cm³/mol. The highest BCUT2D eigenvalue weighted by Crippen LogP contribution is 2.57. The Morgan fingerprint density at radius 3 is 2.80 bits per heavy atom. The molecular weight excluding hydrogens is 463 g/mol. The van der Waals surface area contributed by atoms with Crippen LogP contribution in [-0.4, -0.2) is 67.2 Å². The summed E-state index contributed by atoms with van der Waals surface area (Å²) in [6.07, 6.45) is 2.82. The largest absolute Gasteiger partial charge is 0.385 e. The molecule has 0 spiro atoms. The number of likely N-dealkylation sites (N-methyl/N-ethyl adjacent to an activating group) is 1. The van der Waals surface area contributed by atoms with E-state index in [-0.39, 0.29) is 30.6 Å². The number of anilines is 1. The molecule has 1 fully saturated rings. The number of piperazine rings is 1. The number of fused-ring (bicyclic) bond motifs is 3. The van der Waals surface area contributed by atoms with Crippen molar-refractivity contribution in [3.8, 4) is 11.3 Å². The van der Waals surface area contributed by atoms with Gasteiger partial charge >= 0.3 is 0 Å². The van der Waals surface area contributed by atoms with Gasteiger partial charge in [0.2, 0.25) is 0 Å². The molecule has 0 bridgehead atoms. The quantitative estimate of drug-likeness (QED) is 0.571. The van der Waals surface area contributed by atoms with Crippen LogP contribution in [0.3, 0.4) is 0 Å².